The van der Waals surface area contributed by atoms with Crippen LogP contribution in [-0.4, -0.2) is 27.4 Å². The number of aromatic nitrogens is 2. The van der Waals surface area contributed by atoms with Crippen molar-refractivity contribution in [1.29, 1.82) is 0 Å². The first-order chi connectivity index (χ1) is 9.08. The summed E-state index contributed by atoms with van der Waals surface area (Å²) in [6, 6.07) is 5.29. The van der Waals surface area contributed by atoms with Crippen LogP contribution in [-0.2, 0) is 13.5 Å². The van der Waals surface area contributed by atoms with Crippen LogP contribution in [0.3, 0.4) is 0 Å². The number of hydrogen-bond acceptors (Lipinski definition) is 3. The van der Waals surface area contributed by atoms with Crippen molar-refractivity contribution < 1.29 is 9.90 Å². The topological polar surface area (TPSA) is 67.2 Å². The van der Waals surface area contributed by atoms with Gasteiger partial charge in [0.1, 0.15) is 0 Å². The number of halogens is 1. The number of aromatic carboxylic acids is 1. The van der Waals surface area contributed by atoms with E-state index in [9.17, 15) is 9.90 Å². The van der Waals surface area contributed by atoms with E-state index in [-0.39, 0.29) is 5.56 Å². The molecule has 0 fully saturated rings. The average Bonchev–Trinajstić information content (AvgIpc) is 2.74. The second-order valence-corrected chi connectivity index (χ2v) is 5.02. The highest BCUT2D eigenvalue weighted by Gasteiger charge is 2.13. The minimum atomic E-state index is -0.948. The summed E-state index contributed by atoms with van der Waals surface area (Å²) in [5.74, 6) is -0.948. The van der Waals surface area contributed by atoms with Gasteiger partial charge in [-0.05, 0) is 40.0 Å². The fourth-order valence-corrected chi connectivity index (χ4v) is 2.37. The Labute approximate surface area is 119 Å². The Morgan fingerprint density at radius 2 is 2.32 bits per heavy atom. The molecular weight excluding hydrogens is 310 g/mol. The molecule has 1 aromatic carbocycles. The van der Waals surface area contributed by atoms with Crippen LogP contribution in [0.5, 0.6) is 0 Å². The van der Waals surface area contributed by atoms with E-state index in [0.717, 1.165) is 12.0 Å². The van der Waals surface area contributed by atoms with Crippen molar-refractivity contribution in [3.05, 3.63) is 46.2 Å². The van der Waals surface area contributed by atoms with Crippen molar-refractivity contribution in [3.63, 3.8) is 0 Å². The van der Waals surface area contributed by atoms with E-state index in [4.69, 9.17) is 0 Å². The molecule has 100 valence electrons. The third-order valence-electron chi connectivity index (χ3n) is 2.71. The molecular formula is C13H14BrN3O2. The van der Waals surface area contributed by atoms with E-state index < -0.39 is 5.97 Å². The monoisotopic (exact) mass is 323 g/mol. The highest BCUT2D eigenvalue weighted by Crippen LogP contribution is 2.24. The Kier molecular flexibility index (Phi) is 4.21. The van der Waals surface area contributed by atoms with Crippen molar-refractivity contribution in [2.24, 2.45) is 7.05 Å². The Bertz CT molecular complexity index is 595. The Hall–Kier alpha value is -1.82. The van der Waals surface area contributed by atoms with Gasteiger partial charge in [0, 0.05) is 29.9 Å². The molecule has 0 atom stereocenters. The lowest BCUT2D eigenvalue weighted by molar-refractivity contribution is 0.0697. The van der Waals surface area contributed by atoms with Crippen molar-refractivity contribution in [2.45, 2.75) is 6.42 Å². The predicted octanol–water partition coefficient (Wildman–Crippen LogP) is 2.54. The number of rotatable bonds is 5. The molecule has 0 aliphatic heterocycles. The Morgan fingerprint density at radius 1 is 1.53 bits per heavy atom. The third kappa shape index (κ3) is 3.35. The summed E-state index contributed by atoms with van der Waals surface area (Å²) in [4.78, 5) is 11.2. The number of carbonyl (C=O) groups is 1. The lowest BCUT2D eigenvalue weighted by Gasteiger charge is -2.10. The zero-order valence-corrected chi connectivity index (χ0v) is 12.0. The molecule has 0 spiro atoms. The maximum Gasteiger partial charge on any atom is 0.338 e. The normalized spacial score (nSPS) is 10.4. The van der Waals surface area contributed by atoms with Crippen molar-refractivity contribution in [1.82, 2.24) is 9.78 Å². The first-order valence-corrected chi connectivity index (χ1v) is 6.60. The molecule has 6 heteroatoms. The van der Waals surface area contributed by atoms with E-state index in [1.165, 1.54) is 0 Å². The van der Waals surface area contributed by atoms with Crippen LogP contribution in [0, 0.1) is 0 Å². The number of carboxylic acid groups (broad SMARTS) is 1. The van der Waals surface area contributed by atoms with Gasteiger partial charge in [0.25, 0.3) is 0 Å². The van der Waals surface area contributed by atoms with Gasteiger partial charge < -0.3 is 10.4 Å². The molecule has 0 saturated carbocycles. The van der Waals surface area contributed by atoms with Gasteiger partial charge in [-0.2, -0.15) is 5.10 Å². The van der Waals surface area contributed by atoms with E-state index in [1.54, 1.807) is 23.0 Å². The summed E-state index contributed by atoms with van der Waals surface area (Å²) in [5.41, 5.74) is 1.99. The van der Waals surface area contributed by atoms with Crippen LogP contribution in [0.4, 0.5) is 5.69 Å². The van der Waals surface area contributed by atoms with Crippen LogP contribution >= 0.6 is 15.9 Å². The molecule has 0 aliphatic carbocycles. The molecule has 5 nitrogen and oxygen atoms in total. The van der Waals surface area contributed by atoms with Gasteiger partial charge >= 0.3 is 5.97 Å². The van der Waals surface area contributed by atoms with Gasteiger partial charge in [-0.15, -0.1) is 0 Å². The first kappa shape index (κ1) is 13.6. The highest BCUT2D eigenvalue weighted by molar-refractivity contribution is 9.10. The fourth-order valence-electron chi connectivity index (χ4n) is 1.83. The van der Waals surface area contributed by atoms with Gasteiger partial charge in [-0.1, -0.05) is 6.07 Å². The Morgan fingerprint density at radius 3 is 2.95 bits per heavy atom. The lowest BCUT2D eigenvalue weighted by atomic mass is 10.1. The standard InChI is InChI=1S/C13H14BrN3O2/c1-17-8-9(7-16-17)5-6-15-11-4-2-3-10(14)12(11)13(18)19/h2-4,7-8,15H,5-6H2,1H3,(H,18,19). The first-order valence-electron chi connectivity index (χ1n) is 5.81. The largest absolute Gasteiger partial charge is 0.478 e. The second kappa shape index (κ2) is 5.88. The molecule has 0 unspecified atom stereocenters. The van der Waals surface area contributed by atoms with E-state index in [1.807, 2.05) is 19.3 Å². The summed E-state index contributed by atoms with van der Waals surface area (Å²) >= 11 is 3.25. The zero-order valence-electron chi connectivity index (χ0n) is 10.4. The molecule has 0 radical (unpaired) electrons. The van der Waals surface area contributed by atoms with E-state index >= 15 is 0 Å². The molecule has 2 rings (SSSR count). The van der Waals surface area contributed by atoms with Crippen LogP contribution < -0.4 is 5.32 Å². The van der Waals surface area contributed by atoms with Crippen LogP contribution in [0.1, 0.15) is 15.9 Å². The highest BCUT2D eigenvalue weighted by atomic mass is 79.9. The minimum absolute atomic E-state index is 0.258. The fraction of sp³-hybridized carbons (Fsp3) is 0.231. The number of hydrogen-bond donors (Lipinski definition) is 2. The van der Waals surface area contributed by atoms with Crippen LogP contribution in [0.2, 0.25) is 0 Å². The number of nitrogens with zero attached hydrogens (tertiary/aromatic N) is 2. The predicted molar refractivity (Wildman–Crippen MR) is 76.5 cm³/mol. The third-order valence-corrected chi connectivity index (χ3v) is 3.38. The molecule has 0 bridgehead atoms. The van der Waals surface area contributed by atoms with Gasteiger partial charge in [0.2, 0.25) is 0 Å². The molecule has 0 saturated heterocycles. The average molecular weight is 324 g/mol. The number of carboxylic acids is 1. The van der Waals surface area contributed by atoms with Crippen LogP contribution in [0.25, 0.3) is 0 Å². The number of benzene rings is 1. The van der Waals surface area contributed by atoms with E-state index in [0.29, 0.717) is 16.7 Å². The minimum Gasteiger partial charge on any atom is -0.478 e. The maximum atomic E-state index is 11.2. The molecule has 0 aliphatic rings. The van der Waals surface area contributed by atoms with Gasteiger partial charge in [0.05, 0.1) is 11.8 Å². The smallest absolute Gasteiger partial charge is 0.338 e. The Balaban J connectivity index is 2.03. The second-order valence-electron chi connectivity index (χ2n) is 4.17. The number of nitrogens with one attached hydrogen (secondary N) is 1. The molecule has 2 N–H and O–H groups in total. The molecule has 2 aromatic rings. The van der Waals surface area contributed by atoms with Crippen molar-refractivity contribution >= 4 is 27.6 Å². The molecule has 0 amide bonds. The van der Waals surface area contributed by atoms with Gasteiger partial charge in [-0.25, -0.2) is 4.79 Å². The summed E-state index contributed by atoms with van der Waals surface area (Å²) in [5, 5.41) is 16.4. The van der Waals surface area contributed by atoms with Gasteiger partial charge in [-0.3, -0.25) is 4.68 Å². The maximum absolute atomic E-state index is 11.2. The van der Waals surface area contributed by atoms with Crippen LogP contribution in [0.15, 0.2) is 35.1 Å². The number of aryl methyl sites for hydroxylation is 1. The molecule has 1 heterocycles. The van der Waals surface area contributed by atoms with Crippen molar-refractivity contribution in [3.8, 4) is 0 Å². The molecule has 1 aromatic heterocycles. The summed E-state index contributed by atoms with van der Waals surface area (Å²) in [6.45, 7) is 0.655. The quantitative estimate of drug-likeness (QED) is 0.887. The lowest BCUT2D eigenvalue weighted by Crippen LogP contribution is -2.09. The zero-order chi connectivity index (χ0) is 13.8. The van der Waals surface area contributed by atoms with Gasteiger partial charge in [0.15, 0.2) is 0 Å². The summed E-state index contributed by atoms with van der Waals surface area (Å²) in [6.07, 6.45) is 4.54. The number of anilines is 1. The summed E-state index contributed by atoms with van der Waals surface area (Å²) in [7, 11) is 1.87. The van der Waals surface area contributed by atoms with E-state index in [2.05, 4.69) is 26.3 Å². The van der Waals surface area contributed by atoms with Crippen molar-refractivity contribution in [2.75, 3.05) is 11.9 Å². The SMILES string of the molecule is Cn1cc(CCNc2cccc(Br)c2C(=O)O)cn1. The molecule has 19 heavy (non-hydrogen) atoms. The summed E-state index contributed by atoms with van der Waals surface area (Å²) < 4.78 is 2.32.